The fourth-order valence-electron chi connectivity index (χ4n) is 1.97. The number of hydrogen-bond acceptors (Lipinski definition) is 3. The molecule has 2 rings (SSSR count). The number of nitrogens with zero attached hydrogens (tertiary/aromatic N) is 4. The van der Waals surface area contributed by atoms with Gasteiger partial charge in [-0.25, -0.2) is 4.68 Å². The maximum absolute atomic E-state index is 11.9. The lowest BCUT2D eigenvalue weighted by atomic mass is 10.2. The molecule has 0 aliphatic rings. The number of carbonyl (C=O) groups excluding carboxylic acids is 1. The van der Waals surface area contributed by atoms with Crippen LogP contribution in [0.3, 0.4) is 0 Å². The monoisotopic (exact) mass is 353 g/mol. The minimum absolute atomic E-state index is 0.119. The molecule has 7 heteroatoms. The van der Waals surface area contributed by atoms with E-state index in [0.717, 1.165) is 17.3 Å². The van der Waals surface area contributed by atoms with Crippen molar-refractivity contribution >= 4 is 21.8 Å². The van der Waals surface area contributed by atoms with E-state index >= 15 is 0 Å². The molecule has 1 amide bonds. The van der Waals surface area contributed by atoms with Crippen molar-refractivity contribution in [1.29, 1.82) is 0 Å². The van der Waals surface area contributed by atoms with Crippen molar-refractivity contribution in [2.75, 3.05) is 6.54 Å². The molecule has 0 aromatic carbocycles. The number of aromatic nitrogens is 4. The van der Waals surface area contributed by atoms with E-state index in [2.05, 4.69) is 38.4 Å². The molecule has 6 nitrogen and oxygen atoms in total. The summed E-state index contributed by atoms with van der Waals surface area (Å²) in [7, 11) is 0. The predicted molar refractivity (Wildman–Crippen MR) is 84.0 cm³/mol. The SMILES string of the molecule is CCCCCCNC(=O)c1ccn(Cn2cc(Br)cn2)n1. The summed E-state index contributed by atoms with van der Waals surface area (Å²) in [4.78, 5) is 11.9. The molecule has 0 saturated heterocycles. The quantitative estimate of drug-likeness (QED) is 0.742. The highest BCUT2D eigenvalue weighted by molar-refractivity contribution is 9.10. The maximum atomic E-state index is 11.9. The van der Waals surface area contributed by atoms with Crippen LogP contribution in [0.25, 0.3) is 0 Å². The number of halogens is 1. The number of carbonyl (C=O) groups is 1. The lowest BCUT2D eigenvalue weighted by Gasteiger charge is -2.03. The van der Waals surface area contributed by atoms with Gasteiger partial charge in [-0.05, 0) is 28.4 Å². The van der Waals surface area contributed by atoms with Crippen LogP contribution in [0.2, 0.25) is 0 Å². The van der Waals surface area contributed by atoms with Crippen LogP contribution in [0.4, 0.5) is 0 Å². The van der Waals surface area contributed by atoms with Crippen LogP contribution >= 0.6 is 15.9 Å². The molecule has 0 bridgehead atoms. The first-order valence-electron chi connectivity index (χ1n) is 7.18. The smallest absolute Gasteiger partial charge is 0.271 e. The van der Waals surface area contributed by atoms with E-state index in [9.17, 15) is 4.79 Å². The fraction of sp³-hybridized carbons (Fsp3) is 0.500. The largest absolute Gasteiger partial charge is 0.351 e. The van der Waals surface area contributed by atoms with Crippen LogP contribution in [-0.4, -0.2) is 32.0 Å². The molecule has 0 fully saturated rings. The van der Waals surface area contributed by atoms with Gasteiger partial charge in [0.05, 0.1) is 10.7 Å². The molecule has 21 heavy (non-hydrogen) atoms. The van der Waals surface area contributed by atoms with Crippen molar-refractivity contribution in [3.8, 4) is 0 Å². The fourth-order valence-corrected chi connectivity index (χ4v) is 2.30. The molecule has 0 aliphatic heterocycles. The highest BCUT2D eigenvalue weighted by atomic mass is 79.9. The van der Waals surface area contributed by atoms with Crippen molar-refractivity contribution in [1.82, 2.24) is 24.9 Å². The Labute approximate surface area is 132 Å². The second-order valence-corrected chi connectivity index (χ2v) is 5.81. The Morgan fingerprint density at radius 1 is 1.33 bits per heavy atom. The maximum Gasteiger partial charge on any atom is 0.271 e. The zero-order valence-corrected chi connectivity index (χ0v) is 13.7. The van der Waals surface area contributed by atoms with E-state index in [4.69, 9.17) is 0 Å². The molecule has 0 atom stereocenters. The van der Waals surface area contributed by atoms with Gasteiger partial charge in [-0.1, -0.05) is 26.2 Å². The normalized spacial score (nSPS) is 10.8. The summed E-state index contributed by atoms with van der Waals surface area (Å²) in [6, 6.07) is 1.72. The molecule has 1 N–H and O–H groups in total. The Morgan fingerprint density at radius 2 is 2.19 bits per heavy atom. The van der Waals surface area contributed by atoms with Crippen molar-refractivity contribution in [3.63, 3.8) is 0 Å². The highest BCUT2D eigenvalue weighted by Crippen LogP contribution is 2.06. The first-order valence-corrected chi connectivity index (χ1v) is 7.98. The van der Waals surface area contributed by atoms with Gasteiger partial charge in [0.1, 0.15) is 12.4 Å². The average molecular weight is 354 g/mol. The zero-order valence-electron chi connectivity index (χ0n) is 12.1. The summed E-state index contributed by atoms with van der Waals surface area (Å²) in [6.45, 7) is 3.36. The summed E-state index contributed by atoms with van der Waals surface area (Å²) in [5, 5.41) is 11.3. The van der Waals surface area contributed by atoms with Crippen LogP contribution in [0.15, 0.2) is 29.1 Å². The van der Waals surface area contributed by atoms with Crippen LogP contribution in [0, 0.1) is 0 Å². The van der Waals surface area contributed by atoms with Gasteiger partial charge in [-0.3, -0.25) is 9.48 Å². The second kappa shape index (κ2) is 7.97. The Balaban J connectivity index is 1.80. The molecule has 0 radical (unpaired) electrons. The van der Waals surface area contributed by atoms with Gasteiger partial charge in [0.15, 0.2) is 0 Å². The first kappa shape index (κ1) is 15.8. The van der Waals surface area contributed by atoms with Gasteiger partial charge < -0.3 is 5.32 Å². The Bertz CT molecular complexity index is 577. The number of amides is 1. The van der Waals surface area contributed by atoms with Crippen LogP contribution < -0.4 is 5.32 Å². The summed E-state index contributed by atoms with van der Waals surface area (Å²) >= 11 is 3.34. The van der Waals surface area contributed by atoms with Crippen molar-refractivity contribution < 1.29 is 4.79 Å². The highest BCUT2D eigenvalue weighted by Gasteiger charge is 2.09. The third-order valence-corrected chi connectivity index (χ3v) is 3.49. The molecule has 114 valence electrons. The summed E-state index contributed by atoms with van der Waals surface area (Å²) < 4.78 is 4.34. The van der Waals surface area contributed by atoms with E-state index in [1.165, 1.54) is 12.8 Å². The van der Waals surface area contributed by atoms with Gasteiger partial charge in [-0.15, -0.1) is 0 Å². The van der Waals surface area contributed by atoms with E-state index in [1.807, 2.05) is 6.20 Å². The van der Waals surface area contributed by atoms with E-state index in [-0.39, 0.29) is 5.91 Å². The van der Waals surface area contributed by atoms with E-state index < -0.39 is 0 Å². The molecular formula is C14H20BrN5O. The van der Waals surface area contributed by atoms with Crippen molar-refractivity contribution in [2.24, 2.45) is 0 Å². The minimum atomic E-state index is -0.119. The molecule has 2 heterocycles. The Kier molecular flexibility index (Phi) is 5.98. The van der Waals surface area contributed by atoms with E-state index in [0.29, 0.717) is 18.9 Å². The van der Waals surface area contributed by atoms with Crippen LogP contribution in [0.1, 0.15) is 43.1 Å². The predicted octanol–water partition coefficient (Wildman–Crippen LogP) is 2.66. The second-order valence-electron chi connectivity index (χ2n) is 4.90. The lowest BCUT2D eigenvalue weighted by Crippen LogP contribution is -2.25. The number of rotatable bonds is 8. The van der Waals surface area contributed by atoms with Crippen molar-refractivity contribution in [2.45, 2.75) is 39.3 Å². The number of unbranched alkanes of at least 4 members (excludes halogenated alkanes) is 3. The molecular weight excluding hydrogens is 334 g/mol. The van der Waals surface area contributed by atoms with Crippen LogP contribution in [-0.2, 0) is 6.67 Å². The van der Waals surface area contributed by atoms with E-state index in [1.54, 1.807) is 27.8 Å². The molecule has 0 saturated carbocycles. The number of hydrogen-bond donors (Lipinski definition) is 1. The first-order chi connectivity index (χ1) is 10.2. The Morgan fingerprint density at radius 3 is 2.90 bits per heavy atom. The Hall–Kier alpha value is -1.63. The summed E-state index contributed by atoms with van der Waals surface area (Å²) in [5.74, 6) is -0.119. The molecule has 2 aromatic heterocycles. The van der Waals surface area contributed by atoms with Gasteiger partial charge in [0, 0.05) is 18.9 Å². The molecule has 2 aromatic rings. The lowest BCUT2D eigenvalue weighted by molar-refractivity contribution is 0.0947. The third kappa shape index (κ3) is 5.00. The summed E-state index contributed by atoms with van der Waals surface area (Å²) in [6.07, 6.45) is 9.93. The van der Waals surface area contributed by atoms with Gasteiger partial charge in [-0.2, -0.15) is 10.2 Å². The van der Waals surface area contributed by atoms with Crippen LogP contribution in [0.5, 0.6) is 0 Å². The van der Waals surface area contributed by atoms with Gasteiger partial charge in [0.2, 0.25) is 0 Å². The number of nitrogens with one attached hydrogen (secondary N) is 1. The minimum Gasteiger partial charge on any atom is -0.351 e. The van der Waals surface area contributed by atoms with Crippen molar-refractivity contribution in [3.05, 3.63) is 34.8 Å². The molecule has 0 spiro atoms. The zero-order chi connectivity index (χ0) is 15.1. The van der Waals surface area contributed by atoms with Gasteiger partial charge in [0.25, 0.3) is 5.91 Å². The standard InChI is InChI=1S/C14H20BrN5O/c1-2-3-4-5-7-16-14(21)13-6-8-19(18-13)11-20-10-12(15)9-17-20/h6,8-10H,2-5,7,11H2,1H3,(H,16,21). The topological polar surface area (TPSA) is 64.7 Å². The third-order valence-electron chi connectivity index (χ3n) is 3.08. The molecule has 0 aliphatic carbocycles. The summed E-state index contributed by atoms with van der Waals surface area (Å²) in [5.41, 5.74) is 0.441. The van der Waals surface area contributed by atoms with Gasteiger partial charge >= 0.3 is 0 Å². The average Bonchev–Trinajstić information content (AvgIpc) is 3.08. The molecule has 0 unspecified atom stereocenters.